The first kappa shape index (κ1) is 8.89. The highest BCUT2D eigenvalue weighted by Crippen LogP contribution is 2.39. The molecule has 2 aliphatic carbocycles. The Morgan fingerprint density at radius 3 is 2.00 bits per heavy atom. The van der Waals surface area contributed by atoms with Gasteiger partial charge in [0.05, 0.1) is 4.92 Å². The Hall–Kier alpha value is -1.38. The minimum absolute atomic E-state index is 0.158. The summed E-state index contributed by atoms with van der Waals surface area (Å²) in [5.74, 6) is 0. The number of hydrogen-bond donors (Lipinski definition) is 0. The second-order valence-electron chi connectivity index (χ2n) is 4.46. The van der Waals surface area contributed by atoms with Gasteiger partial charge in [0.2, 0.25) is 0 Å². The van der Waals surface area contributed by atoms with E-state index in [9.17, 15) is 10.1 Å². The van der Waals surface area contributed by atoms with Crippen molar-refractivity contribution in [3.05, 3.63) is 38.4 Å². The third-order valence-corrected chi connectivity index (χ3v) is 3.62. The minimum atomic E-state index is -0.158. The number of hydrogen-bond acceptors (Lipinski definition) is 2. The monoisotopic (exact) mass is 203 g/mol. The molecule has 3 rings (SSSR count). The van der Waals surface area contributed by atoms with Gasteiger partial charge in [-0.2, -0.15) is 0 Å². The van der Waals surface area contributed by atoms with Gasteiger partial charge in [0, 0.05) is 11.1 Å². The van der Waals surface area contributed by atoms with E-state index in [1.165, 1.54) is 11.1 Å². The molecule has 0 heterocycles. The van der Waals surface area contributed by atoms with Gasteiger partial charge in [-0.05, 0) is 49.7 Å². The Labute approximate surface area is 88.3 Å². The second kappa shape index (κ2) is 3.05. The predicted octanol–water partition coefficient (Wildman–Crippen LogP) is 2.57. The molecule has 1 aromatic carbocycles. The van der Waals surface area contributed by atoms with Gasteiger partial charge in [-0.25, -0.2) is 0 Å². The van der Waals surface area contributed by atoms with E-state index in [-0.39, 0.29) is 4.92 Å². The van der Waals surface area contributed by atoms with Crippen LogP contribution < -0.4 is 0 Å². The zero-order valence-electron chi connectivity index (χ0n) is 8.58. The van der Waals surface area contributed by atoms with Crippen LogP contribution in [0.2, 0.25) is 0 Å². The Kier molecular flexibility index (Phi) is 1.81. The first-order valence-corrected chi connectivity index (χ1v) is 5.58. The summed E-state index contributed by atoms with van der Waals surface area (Å²) >= 11 is 0. The molecule has 2 aliphatic rings. The number of fused-ring (bicyclic) bond motifs is 2. The standard InChI is InChI=1S/C12H13NO2/c14-13(15)12-10-5-1-3-8(10)7-9-4-2-6-11(9)12/h7H,1-6H2. The number of nitro benzene ring substituents is 1. The summed E-state index contributed by atoms with van der Waals surface area (Å²) in [6.45, 7) is 0. The number of nitrogens with zero attached hydrogens (tertiary/aromatic N) is 1. The molecular weight excluding hydrogens is 190 g/mol. The Morgan fingerprint density at radius 1 is 1.00 bits per heavy atom. The highest BCUT2D eigenvalue weighted by molar-refractivity contribution is 5.58. The first-order valence-electron chi connectivity index (χ1n) is 5.58. The third-order valence-electron chi connectivity index (χ3n) is 3.62. The van der Waals surface area contributed by atoms with E-state index in [0.29, 0.717) is 5.69 Å². The molecule has 15 heavy (non-hydrogen) atoms. The summed E-state index contributed by atoms with van der Waals surface area (Å²) in [7, 11) is 0. The molecule has 78 valence electrons. The first-order chi connectivity index (χ1) is 7.27. The van der Waals surface area contributed by atoms with Gasteiger partial charge in [0.1, 0.15) is 0 Å². The average molecular weight is 203 g/mol. The lowest BCUT2D eigenvalue weighted by Gasteiger charge is -2.06. The number of benzene rings is 1. The van der Waals surface area contributed by atoms with E-state index in [1.807, 2.05) is 0 Å². The largest absolute Gasteiger partial charge is 0.276 e. The lowest BCUT2D eigenvalue weighted by molar-refractivity contribution is -0.386. The summed E-state index contributed by atoms with van der Waals surface area (Å²) < 4.78 is 0. The molecule has 1 aromatic rings. The molecular formula is C12H13NO2. The molecule has 0 spiro atoms. The second-order valence-corrected chi connectivity index (χ2v) is 4.46. The van der Waals surface area contributed by atoms with Gasteiger partial charge in [-0.15, -0.1) is 0 Å². The van der Waals surface area contributed by atoms with E-state index >= 15 is 0 Å². The van der Waals surface area contributed by atoms with Crippen LogP contribution in [-0.4, -0.2) is 4.92 Å². The van der Waals surface area contributed by atoms with Gasteiger partial charge >= 0.3 is 0 Å². The molecule has 3 nitrogen and oxygen atoms in total. The fourth-order valence-electron chi connectivity index (χ4n) is 3.01. The number of aryl methyl sites for hydroxylation is 2. The van der Waals surface area contributed by atoms with Crippen molar-refractivity contribution in [1.82, 2.24) is 0 Å². The van der Waals surface area contributed by atoms with Crippen molar-refractivity contribution >= 4 is 5.69 Å². The third kappa shape index (κ3) is 1.19. The van der Waals surface area contributed by atoms with Crippen LogP contribution in [0.1, 0.15) is 35.1 Å². The molecule has 0 saturated heterocycles. The molecule has 0 bridgehead atoms. The Bertz CT molecular complexity index is 419. The maximum absolute atomic E-state index is 11.1. The van der Waals surface area contributed by atoms with Gasteiger partial charge in [0.15, 0.2) is 0 Å². The van der Waals surface area contributed by atoms with Crippen molar-refractivity contribution in [2.75, 3.05) is 0 Å². The smallest absolute Gasteiger partial charge is 0.258 e. The highest BCUT2D eigenvalue weighted by Gasteiger charge is 2.30. The van der Waals surface area contributed by atoms with Crippen LogP contribution in [-0.2, 0) is 25.7 Å². The predicted molar refractivity (Wildman–Crippen MR) is 57.1 cm³/mol. The van der Waals surface area contributed by atoms with Gasteiger partial charge < -0.3 is 0 Å². The summed E-state index contributed by atoms with van der Waals surface area (Å²) in [5, 5.41) is 11.1. The summed E-state index contributed by atoms with van der Waals surface area (Å²) in [5.41, 5.74) is 4.99. The van der Waals surface area contributed by atoms with Crippen LogP contribution in [0.3, 0.4) is 0 Å². The van der Waals surface area contributed by atoms with Gasteiger partial charge in [-0.1, -0.05) is 6.07 Å². The van der Waals surface area contributed by atoms with Crippen molar-refractivity contribution in [2.45, 2.75) is 38.5 Å². The van der Waals surface area contributed by atoms with E-state index in [2.05, 4.69) is 6.07 Å². The zero-order valence-corrected chi connectivity index (χ0v) is 8.58. The molecule has 0 atom stereocenters. The molecule has 3 heteroatoms. The van der Waals surface area contributed by atoms with Crippen molar-refractivity contribution in [3.63, 3.8) is 0 Å². The maximum atomic E-state index is 11.1. The molecule has 0 saturated carbocycles. The van der Waals surface area contributed by atoms with Crippen molar-refractivity contribution in [3.8, 4) is 0 Å². The molecule has 0 aliphatic heterocycles. The maximum Gasteiger partial charge on any atom is 0.276 e. The molecule has 0 N–H and O–H groups in total. The minimum Gasteiger partial charge on any atom is -0.258 e. The lowest BCUT2D eigenvalue weighted by Crippen LogP contribution is -2.00. The van der Waals surface area contributed by atoms with E-state index in [4.69, 9.17) is 0 Å². The van der Waals surface area contributed by atoms with Crippen LogP contribution in [0.5, 0.6) is 0 Å². The number of nitro groups is 1. The SMILES string of the molecule is O=[N+]([O-])c1c2c(cc3c1CCC3)CCC2. The molecule has 0 unspecified atom stereocenters. The molecule has 0 amide bonds. The van der Waals surface area contributed by atoms with Crippen LogP contribution in [0.25, 0.3) is 0 Å². The van der Waals surface area contributed by atoms with Crippen LogP contribution >= 0.6 is 0 Å². The number of rotatable bonds is 1. The van der Waals surface area contributed by atoms with E-state index in [1.54, 1.807) is 0 Å². The average Bonchev–Trinajstić information content (AvgIpc) is 2.79. The normalized spacial score (nSPS) is 17.6. The van der Waals surface area contributed by atoms with Crippen LogP contribution in [0, 0.1) is 10.1 Å². The summed E-state index contributed by atoms with van der Waals surface area (Å²) in [4.78, 5) is 11.0. The summed E-state index contributed by atoms with van der Waals surface area (Å²) in [6.07, 6.45) is 6.03. The van der Waals surface area contributed by atoms with Gasteiger partial charge in [-0.3, -0.25) is 10.1 Å². The Balaban J connectivity index is 2.29. The van der Waals surface area contributed by atoms with Crippen molar-refractivity contribution < 1.29 is 4.92 Å². The highest BCUT2D eigenvalue weighted by atomic mass is 16.6. The molecule has 0 aromatic heterocycles. The molecule has 0 fully saturated rings. The molecule has 0 radical (unpaired) electrons. The topological polar surface area (TPSA) is 43.1 Å². The van der Waals surface area contributed by atoms with Crippen molar-refractivity contribution in [2.24, 2.45) is 0 Å². The van der Waals surface area contributed by atoms with Crippen LogP contribution in [0.15, 0.2) is 6.07 Å². The van der Waals surface area contributed by atoms with Crippen LogP contribution in [0.4, 0.5) is 5.69 Å². The van der Waals surface area contributed by atoms with E-state index < -0.39 is 0 Å². The fraction of sp³-hybridized carbons (Fsp3) is 0.500. The van der Waals surface area contributed by atoms with Gasteiger partial charge in [0.25, 0.3) is 5.69 Å². The summed E-state index contributed by atoms with van der Waals surface area (Å²) in [6, 6.07) is 2.22. The zero-order chi connectivity index (χ0) is 10.4. The fourth-order valence-corrected chi connectivity index (χ4v) is 3.01. The lowest BCUT2D eigenvalue weighted by atomic mass is 9.99. The van der Waals surface area contributed by atoms with E-state index in [0.717, 1.165) is 49.7 Å². The Morgan fingerprint density at radius 2 is 1.53 bits per heavy atom. The quantitative estimate of drug-likeness (QED) is 0.520. The van der Waals surface area contributed by atoms with Crippen molar-refractivity contribution in [1.29, 1.82) is 0 Å².